The van der Waals surface area contributed by atoms with Crippen LogP contribution in [0.25, 0.3) is 0 Å². The van der Waals surface area contributed by atoms with Crippen molar-refractivity contribution in [2.45, 2.75) is 18.4 Å². The van der Waals surface area contributed by atoms with Gasteiger partial charge >= 0.3 is 0 Å². The van der Waals surface area contributed by atoms with Crippen molar-refractivity contribution in [1.29, 1.82) is 0 Å². The average molecular weight is 303 g/mol. The molecule has 0 fully saturated rings. The number of rotatable bonds is 4. The highest BCUT2D eigenvalue weighted by Gasteiger charge is 2.35. The van der Waals surface area contributed by atoms with E-state index in [4.69, 9.17) is 4.74 Å². The van der Waals surface area contributed by atoms with E-state index in [0.717, 1.165) is 10.4 Å². The molecule has 0 bridgehead atoms. The number of hydrogen-bond acceptors (Lipinski definition) is 4. The number of carbonyl (C=O) groups is 1. The van der Waals surface area contributed by atoms with Gasteiger partial charge in [0.25, 0.3) is 0 Å². The second-order valence-corrected chi connectivity index (χ2v) is 6.19. The highest BCUT2D eigenvalue weighted by Crippen LogP contribution is 2.36. The van der Waals surface area contributed by atoms with Crippen LogP contribution in [-0.4, -0.2) is 24.2 Å². The molecule has 0 radical (unpaired) electrons. The van der Waals surface area contributed by atoms with E-state index in [1.165, 1.54) is 0 Å². The van der Waals surface area contributed by atoms with E-state index in [9.17, 15) is 9.90 Å². The van der Waals surface area contributed by atoms with Crippen LogP contribution >= 0.6 is 11.3 Å². The van der Waals surface area contributed by atoms with Crippen molar-refractivity contribution in [2.75, 3.05) is 13.2 Å². The summed E-state index contributed by atoms with van der Waals surface area (Å²) in [5.41, 5.74) is -0.312. The second-order valence-electron chi connectivity index (χ2n) is 5.16. The Balaban J connectivity index is 1.66. The van der Waals surface area contributed by atoms with Gasteiger partial charge < -0.3 is 15.2 Å². The molecule has 2 aromatic rings. The molecule has 0 unspecified atom stereocenters. The van der Waals surface area contributed by atoms with Crippen LogP contribution in [0.3, 0.4) is 0 Å². The van der Waals surface area contributed by atoms with Gasteiger partial charge in [-0.15, -0.1) is 11.3 Å². The monoisotopic (exact) mass is 303 g/mol. The normalized spacial score (nSPS) is 20.4. The number of aliphatic hydroxyl groups is 1. The molecule has 110 valence electrons. The lowest BCUT2D eigenvalue weighted by molar-refractivity contribution is -0.122. The number of thiophene rings is 1. The van der Waals surface area contributed by atoms with Gasteiger partial charge in [0.05, 0.1) is 19.6 Å². The standard InChI is InChI=1S/C16H17NO3S/c18-15(10-12-4-3-9-21-12)17-11-16(19)7-8-20-14-6-2-1-5-13(14)16/h1-6,9,19H,7-8,10-11H2,(H,17,18)/t16-/m0/s1. The van der Waals surface area contributed by atoms with Gasteiger partial charge in [0.2, 0.25) is 5.91 Å². The Morgan fingerprint density at radius 1 is 1.33 bits per heavy atom. The molecule has 0 aliphatic carbocycles. The van der Waals surface area contributed by atoms with Crippen molar-refractivity contribution in [3.8, 4) is 5.75 Å². The molecule has 4 nitrogen and oxygen atoms in total. The van der Waals surface area contributed by atoms with Crippen molar-refractivity contribution in [3.63, 3.8) is 0 Å². The van der Waals surface area contributed by atoms with Gasteiger partial charge in [0.15, 0.2) is 0 Å². The summed E-state index contributed by atoms with van der Waals surface area (Å²) in [7, 11) is 0. The molecule has 1 aliphatic heterocycles. The third-order valence-corrected chi connectivity index (χ3v) is 4.53. The molecule has 3 rings (SSSR count). The molecule has 1 amide bonds. The number of carbonyl (C=O) groups excluding carboxylic acids is 1. The first-order valence-corrected chi connectivity index (χ1v) is 7.79. The fraction of sp³-hybridized carbons (Fsp3) is 0.312. The van der Waals surface area contributed by atoms with Gasteiger partial charge in [-0.2, -0.15) is 0 Å². The smallest absolute Gasteiger partial charge is 0.225 e. The van der Waals surface area contributed by atoms with Gasteiger partial charge in [0, 0.05) is 16.9 Å². The molecular formula is C16H17NO3S. The predicted molar refractivity (Wildman–Crippen MR) is 81.5 cm³/mol. The van der Waals surface area contributed by atoms with Gasteiger partial charge in [-0.05, 0) is 17.5 Å². The highest BCUT2D eigenvalue weighted by molar-refractivity contribution is 7.10. The molecule has 5 heteroatoms. The number of fused-ring (bicyclic) bond motifs is 1. The lowest BCUT2D eigenvalue weighted by Gasteiger charge is -2.34. The largest absolute Gasteiger partial charge is 0.493 e. The van der Waals surface area contributed by atoms with Crippen LogP contribution in [0.1, 0.15) is 16.9 Å². The fourth-order valence-corrected chi connectivity index (χ4v) is 3.21. The summed E-state index contributed by atoms with van der Waals surface area (Å²) in [6.45, 7) is 0.659. The van der Waals surface area contributed by atoms with E-state index in [-0.39, 0.29) is 12.5 Å². The SMILES string of the molecule is O=C(Cc1cccs1)NC[C@@]1(O)CCOc2ccccc21. The van der Waals surface area contributed by atoms with E-state index in [1.54, 1.807) is 11.3 Å². The first-order valence-electron chi connectivity index (χ1n) is 6.91. The van der Waals surface area contributed by atoms with Crippen molar-refractivity contribution in [1.82, 2.24) is 5.32 Å². The number of hydrogen-bond donors (Lipinski definition) is 2. The summed E-state index contributed by atoms with van der Waals surface area (Å²) in [6.07, 6.45) is 0.829. The minimum Gasteiger partial charge on any atom is -0.493 e. The van der Waals surface area contributed by atoms with Crippen molar-refractivity contribution in [3.05, 3.63) is 52.2 Å². The second kappa shape index (κ2) is 5.87. The van der Waals surface area contributed by atoms with Crippen molar-refractivity contribution >= 4 is 17.2 Å². The maximum Gasteiger partial charge on any atom is 0.225 e. The molecule has 2 heterocycles. The van der Waals surface area contributed by atoms with Crippen LogP contribution < -0.4 is 10.1 Å². The number of amides is 1. The molecular weight excluding hydrogens is 286 g/mol. The molecule has 1 aromatic heterocycles. The first kappa shape index (κ1) is 14.1. The molecule has 0 spiro atoms. The van der Waals surface area contributed by atoms with Gasteiger partial charge in [0.1, 0.15) is 11.4 Å². The molecule has 2 N–H and O–H groups in total. The van der Waals surface area contributed by atoms with Gasteiger partial charge in [-0.1, -0.05) is 24.3 Å². The number of ether oxygens (including phenoxy) is 1. The van der Waals surface area contributed by atoms with E-state index in [2.05, 4.69) is 5.32 Å². The zero-order valence-electron chi connectivity index (χ0n) is 11.5. The zero-order valence-corrected chi connectivity index (χ0v) is 12.4. The molecule has 1 aromatic carbocycles. The third kappa shape index (κ3) is 3.09. The predicted octanol–water partition coefficient (Wildman–Crippen LogP) is 2.08. The Kier molecular flexibility index (Phi) is 3.94. The van der Waals surface area contributed by atoms with Crippen LogP contribution in [0, 0.1) is 0 Å². The van der Waals surface area contributed by atoms with E-state index < -0.39 is 5.60 Å². The Labute approximate surface area is 127 Å². The summed E-state index contributed by atoms with van der Waals surface area (Å²) < 4.78 is 5.54. The van der Waals surface area contributed by atoms with Crippen LogP contribution in [0.15, 0.2) is 41.8 Å². The van der Waals surface area contributed by atoms with Crippen LogP contribution in [0.4, 0.5) is 0 Å². The molecule has 0 saturated carbocycles. The topological polar surface area (TPSA) is 58.6 Å². The third-order valence-electron chi connectivity index (χ3n) is 3.65. The van der Waals surface area contributed by atoms with E-state index >= 15 is 0 Å². The minimum absolute atomic E-state index is 0.0742. The van der Waals surface area contributed by atoms with Crippen LogP contribution in [0.2, 0.25) is 0 Å². The van der Waals surface area contributed by atoms with Gasteiger partial charge in [-0.25, -0.2) is 0 Å². The summed E-state index contributed by atoms with van der Waals surface area (Å²) in [4.78, 5) is 13.0. The maximum atomic E-state index is 12.0. The number of nitrogens with one attached hydrogen (secondary N) is 1. The van der Waals surface area contributed by atoms with Crippen LogP contribution in [-0.2, 0) is 16.8 Å². The number of benzene rings is 1. The lowest BCUT2D eigenvalue weighted by Crippen LogP contribution is -2.44. The molecule has 0 saturated heterocycles. The average Bonchev–Trinajstić information content (AvgIpc) is 2.99. The minimum atomic E-state index is -1.06. The Morgan fingerprint density at radius 2 is 2.19 bits per heavy atom. The van der Waals surface area contributed by atoms with E-state index in [0.29, 0.717) is 25.2 Å². The summed E-state index contributed by atoms with van der Waals surface area (Å²) >= 11 is 1.56. The Hall–Kier alpha value is -1.85. The van der Waals surface area contributed by atoms with Crippen molar-refractivity contribution < 1.29 is 14.6 Å². The van der Waals surface area contributed by atoms with Crippen LogP contribution in [0.5, 0.6) is 5.75 Å². The first-order chi connectivity index (χ1) is 10.2. The molecule has 21 heavy (non-hydrogen) atoms. The maximum absolute atomic E-state index is 12.0. The molecule has 1 atom stereocenters. The van der Waals surface area contributed by atoms with Gasteiger partial charge in [-0.3, -0.25) is 4.79 Å². The Morgan fingerprint density at radius 3 is 3.00 bits per heavy atom. The fourth-order valence-electron chi connectivity index (χ4n) is 2.50. The quantitative estimate of drug-likeness (QED) is 0.909. The zero-order chi connectivity index (χ0) is 14.7. The highest BCUT2D eigenvalue weighted by atomic mass is 32.1. The lowest BCUT2D eigenvalue weighted by atomic mass is 9.88. The van der Waals surface area contributed by atoms with E-state index in [1.807, 2.05) is 41.8 Å². The summed E-state index contributed by atoms with van der Waals surface area (Å²) in [5, 5.41) is 15.6. The Bertz CT molecular complexity index is 626. The van der Waals surface area contributed by atoms with Crippen molar-refractivity contribution in [2.24, 2.45) is 0 Å². The summed E-state index contributed by atoms with van der Waals surface area (Å²) in [6, 6.07) is 11.3. The molecule has 1 aliphatic rings. The number of para-hydroxylation sites is 1. The summed E-state index contributed by atoms with van der Waals surface area (Å²) in [5.74, 6) is 0.619.